The van der Waals surface area contributed by atoms with Crippen LogP contribution in [0.25, 0.3) is 0 Å². The van der Waals surface area contributed by atoms with Gasteiger partial charge in [0.1, 0.15) is 5.56 Å². The van der Waals surface area contributed by atoms with Crippen molar-refractivity contribution in [2.75, 3.05) is 5.32 Å². The Morgan fingerprint density at radius 3 is 2.73 bits per heavy atom. The van der Waals surface area contributed by atoms with Gasteiger partial charge < -0.3 is 9.88 Å². The molecule has 2 aromatic rings. The van der Waals surface area contributed by atoms with E-state index in [9.17, 15) is 9.59 Å². The van der Waals surface area contributed by atoms with Crippen LogP contribution in [0.3, 0.4) is 0 Å². The normalized spacial score (nSPS) is 16.9. The predicted octanol–water partition coefficient (Wildman–Crippen LogP) is 2.76. The molecule has 3 rings (SSSR count). The smallest absolute Gasteiger partial charge is 0.263 e. The quantitative estimate of drug-likeness (QED) is 0.926. The van der Waals surface area contributed by atoms with Gasteiger partial charge in [-0.2, -0.15) is 0 Å². The summed E-state index contributed by atoms with van der Waals surface area (Å²) in [5, 5.41) is 2.79. The van der Waals surface area contributed by atoms with Gasteiger partial charge >= 0.3 is 0 Å². The van der Waals surface area contributed by atoms with Crippen molar-refractivity contribution in [3.8, 4) is 0 Å². The summed E-state index contributed by atoms with van der Waals surface area (Å²) >= 11 is 0. The molecule has 0 unspecified atom stereocenters. The fourth-order valence-electron chi connectivity index (χ4n) is 3.09. The van der Waals surface area contributed by atoms with E-state index in [-0.39, 0.29) is 17.0 Å². The zero-order valence-electron chi connectivity index (χ0n) is 12.9. The monoisotopic (exact) mass is 296 g/mol. The summed E-state index contributed by atoms with van der Waals surface area (Å²) in [6.07, 6.45) is 2.92. The van der Waals surface area contributed by atoms with Crippen molar-refractivity contribution in [2.24, 2.45) is 13.0 Å². The van der Waals surface area contributed by atoms with Gasteiger partial charge in [-0.25, -0.2) is 0 Å². The molecule has 0 radical (unpaired) electrons. The molecule has 1 aromatic heterocycles. The van der Waals surface area contributed by atoms with E-state index in [4.69, 9.17) is 0 Å². The maximum absolute atomic E-state index is 12.5. The summed E-state index contributed by atoms with van der Waals surface area (Å²) in [6, 6.07) is 11.0. The van der Waals surface area contributed by atoms with Crippen LogP contribution in [0.5, 0.6) is 0 Å². The molecule has 1 aromatic carbocycles. The van der Waals surface area contributed by atoms with Crippen LogP contribution in [0.2, 0.25) is 0 Å². The van der Waals surface area contributed by atoms with Gasteiger partial charge in [-0.05, 0) is 48.9 Å². The first-order chi connectivity index (χ1) is 10.6. The van der Waals surface area contributed by atoms with Gasteiger partial charge in [-0.3, -0.25) is 9.59 Å². The van der Waals surface area contributed by atoms with Gasteiger partial charge in [0.05, 0.1) is 0 Å². The van der Waals surface area contributed by atoms with E-state index in [0.29, 0.717) is 11.6 Å². The zero-order valence-corrected chi connectivity index (χ0v) is 12.9. The second kappa shape index (κ2) is 5.79. The Kier molecular flexibility index (Phi) is 3.84. The van der Waals surface area contributed by atoms with Gasteiger partial charge in [-0.15, -0.1) is 0 Å². The maximum atomic E-state index is 12.5. The highest BCUT2D eigenvalue weighted by atomic mass is 16.2. The number of hydrogen-bond acceptors (Lipinski definition) is 2. The van der Waals surface area contributed by atoms with E-state index in [1.165, 1.54) is 0 Å². The Bertz CT molecular complexity index is 763. The number of para-hydroxylation sites is 1. The lowest BCUT2D eigenvalue weighted by molar-refractivity contribution is 0.102. The van der Waals surface area contributed by atoms with Gasteiger partial charge in [0.25, 0.3) is 11.5 Å². The number of rotatable bonds is 2. The number of anilines is 1. The molecule has 4 heteroatoms. The van der Waals surface area contributed by atoms with E-state index >= 15 is 0 Å². The molecule has 0 spiro atoms. The highest BCUT2D eigenvalue weighted by Crippen LogP contribution is 2.24. The number of benzene rings is 1. The Morgan fingerprint density at radius 2 is 2.00 bits per heavy atom. The number of aromatic nitrogens is 1. The number of carbonyl (C=O) groups is 1. The molecule has 1 aliphatic rings. The lowest BCUT2D eigenvalue weighted by Gasteiger charge is -2.24. The van der Waals surface area contributed by atoms with E-state index in [0.717, 1.165) is 30.5 Å². The third-order valence-electron chi connectivity index (χ3n) is 4.35. The Hall–Kier alpha value is -2.36. The van der Waals surface area contributed by atoms with Crippen molar-refractivity contribution in [1.29, 1.82) is 0 Å². The molecule has 4 nitrogen and oxygen atoms in total. The number of pyridine rings is 1. The third-order valence-corrected chi connectivity index (χ3v) is 4.35. The summed E-state index contributed by atoms with van der Waals surface area (Å²) in [7, 11) is 1.76. The van der Waals surface area contributed by atoms with Crippen molar-refractivity contribution in [3.63, 3.8) is 0 Å². The summed E-state index contributed by atoms with van der Waals surface area (Å²) in [5.74, 6) is 0.253. The van der Waals surface area contributed by atoms with Gasteiger partial charge in [0.2, 0.25) is 0 Å². The summed E-state index contributed by atoms with van der Waals surface area (Å²) in [5.41, 5.74) is 2.89. The van der Waals surface area contributed by atoms with Crippen molar-refractivity contribution in [1.82, 2.24) is 4.57 Å². The molecule has 1 N–H and O–H groups in total. The molecule has 1 atom stereocenters. The molecule has 1 aliphatic carbocycles. The minimum Gasteiger partial charge on any atom is -0.322 e. The van der Waals surface area contributed by atoms with Crippen LogP contribution >= 0.6 is 0 Å². The number of amides is 1. The minimum absolute atomic E-state index is 0.221. The van der Waals surface area contributed by atoms with E-state index < -0.39 is 0 Å². The Balaban J connectivity index is 1.97. The van der Waals surface area contributed by atoms with Crippen LogP contribution in [0, 0.1) is 5.92 Å². The van der Waals surface area contributed by atoms with E-state index in [1.807, 2.05) is 30.3 Å². The van der Waals surface area contributed by atoms with Crippen molar-refractivity contribution >= 4 is 11.6 Å². The molecule has 1 amide bonds. The summed E-state index contributed by atoms with van der Waals surface area (Å²) < 4.78 is 1.64. The van der Waals surface area contributed by atoms with Crippen molar-refractivity contribution in [2.45, 2.75) is 26.2 Å². The highest BCUT2D eigenvalue weighted by molar-refractivity contribution is 6.04. The molecule has 0 aliphatic heterocycles. The molecule has 0 bridgehead atoms. The number of fused-ring (bicyclic) bond motifs is 1. The molecular weight excluding hydrogens is 276 g/mol. The molecule has 0 fully saturated rings. The standard InChI is InChI=1S/C18H20N2O2/c1-12-8-9-16-13(10-12)11-15(18(22)20(16)2)17(21)19-14-6-4-3-5-7-14/h3-7,11-12H,8-10H2,1-2H3,(H,19,21)/t12-/m1/s1. The number of nitrogens with one attached hydrogen (secondary N) is 1. The molecule has 0 saturated carbocycles. The van der Waals surface area contributed by atoms with Gasteiger partial charge in [0.15, 0.2) is 0 Å². The Morgan fingerprint density at radius 1 is 1.27 bits per heavy atom. The van der Waals surface area contributed by atoms with Crippen LogP contribution in [-0.2, 0) is 19.9 Å². The fourth-order valence-corrected chi connectivity index (χ4v) is 3.09. The van der Waals surface area contributed by atoms with Gasteiger partial charge in [0, 0.05) is 18.4 Å². The van der Waals surface area contributed by atoms with Crippen LogP contribution in [0.15, 0.2) is 41.2 Å². The second-order valence-corrected chi connectivity index (χ2v) is 6.06. The molecule has 22 heavy (non-hydrogen) atoms. The minimum atomic E-state index is -0.340. The fraction of sp³-hybridized carbons (Fsp3) is 0.333. The first-order valence-electron chi connectivity index (χ1n) is 7.64. The zero-order chi connectivity index (χ0) is 15.7. The van der Waals surface area contributed by atoms with Crippen molar-refractivity contribution < 1.29 is 4.79 Å². The Labute approximate surface area is 129 Å². The van der Waals surface area contributed by atoms with E-state index in [2.05, 4.69) is 12.2 Å². The maximum Gasteiger partial charge on any atom is 0.263 e. The van der Waals surface area contributed by atoms with Crippen LogP contribution in [0.1, 0.15) is 35.0 Å². The lowest BCUT2D eigenvalue weighted by atomic mass is 9.87. The number of carbonyl (C=O) groups excluding carboxylic acids is 1. The summed E-state index contributed by atoms with van der Waals surface area (Å²) in [4.78, 5) is 24.9. The molecule has 114 valence electrons. The van der Waals surface area contributed by atoms with Crippen LogP contribution in [-0.4, -0.2) is 10.5 Å². The second-order valence-electron chi connectivity index (χ2n) is 6.06. The topological polar surface area (TPSA) is 51.1 Å². The lowest BCUT2D eigenvalue weighted by Crippen LogP contribution is -2.32. The van der Waals surface area contributed by atoms with Crippen LogP contribution < -0.4 is 10.9 Å². The molecular formula is C18H20N2O2. The molecule has 1 heterocycles. The van der Waals surface area contributed by atoms with Crippen LogP contribution in [0.4, 0.5) is 5.69 Å². The largest absolute Gasteiger partial charge is 0.322 e. The summed E-state index contributed by atoms with van der Waals surface area (Å²) in [6.45, 7) is 2.21. The average Bonchev–Trinajstić information content (AvgIpc) is 2.51. The van der Waals surface area contributed by atoms with E-state index in [1.54, 1.807) is 17.7 Å². The predicted molar refractivity (Wildman–Crippen MR) is 87.3 cm³/mol. The highest BCUT2D eigenvalue weighted by Gasteiger charge is 2.22. The first-order valence-corrected chi connectivity index (χ1v) is 7.64. The molecule has 0 saturated heterocycles. The SMILES string of the molecule is C[C@@H]1CCc2c(cc(C(=O)Nc3ccccc3)c(=O)n2C)C1. The average molecular weight is 296 g/mol. The number of hydrogen-bond donors (Lipinski definition) is 1. The van der Waals surface area contributed by atoms with Gasteiger partial charge in [-0.1, -0.05) is 25.1 Å². The number of nitrogens with zero attached hydrogens (tertiary/aromatic N) is 1. The van der Waals surface area contributed by atoms with Crippen molar-refractivity contribution in [3.05, 3.63) is 63.6 Å². The third kappa shape index (κ3) is 2.69. The first kappa shape index (κ1) is 14.6.